The molecule has 3 nitrogen and oxygen atoms in total. The maximum Gasteiger partial charge on any atom is 0.701 e. The summed E-state index contributed by atoms with van der Waals surface area (Å²) >= 11 is 3.17. The van der Waals surface area contributed by atoms with Crippen molar-refractivity contribution < 1.29 is 22.8 Å². The van der Waals surface area contributed by atoms with E-state index < -0.39 is 19.9 Å². The van der Waals surface area contributed by atoms with E-state index in [0.29, 0.717) is 5.33 Å². The Morgan fingerprint density at radius 2 is 1.93 bits per heavy atom. The lowest BCUT2D eigenvalue weighted by Gasteiger charge is -2.08. The quantitative estimate of drug-likeness (QED) is 0.685. The van der Waals surface area contributed by atoms with Crippen LogP contribution in [0.4, 0.5) is 8.78 Å². The van der Waals surface area contributed by atoms with Crippen LogP contribution in [0.1, 0.15) is 11.1 Å². The summed E-state index contributed by atoms with van der Waals surface area (Å²) in [5.41, 5.74) is 0.368. The van der Waals surface area contributed by atoms with Gasteiger partial charge in [0.05, 0.1) is 5.56 Å². The van der Waals surface area contributed by atoms with Crippen molar-refractivity contribution in [2.75, 3.05) is 0 Å². The van der Waals surface area contributed by atoms with Crippen molar-refractivity contribution in [1.82, 2.24) is 0 Å². The largest absolute Gasteiger partial charge is 0.701 e. The number of hydrogen-bond donors (Lipinski definition) is 1. The molecule has 0 aliphatic rings. The molecule has 0 radical (unpaired) electrons. The minimum Gasteiger partial charge on any atom is -0.167 e. The van der Waals surface area contributed by atoms with Crippen molar-refractivity contribution in [3.05, 3.63) is 35.4 Å². The van der Waals surface area contributed by atoms with E-state index in [2.05, 4.69) is 20.5 Å². The lowest BCUT2D eigenvalue weighted by molar-refractivity contribution is -0.185. The fraction of sp³-hybridized carbons (Fsp3) is 0.250. The van der Waals surface area contributed by atoms with Crippen LogP contribution in [0, 0.1) is 0 Å². The van der Waals surface area contributed by atoms with Gasteiger partial charge in [-0.3, -0.25) is 0 Å². The van der Waals surface area contributed by atoms with E-state index in [1.807, 2.05) is 0 Å². The van der Waals surface area contributed by atoms with Gasteiger partial charge in [0.1, 0.15) is 0 Å². The third-order valence-electron chi connectivity index (χ3n) is 1.64. The molecule has 0 saturated carbocycles. The van der Waals surface area contributed by atoms with Crippen molar-refractivity contribution in [1.29, 1.82) is 0 Å². The monoisotopic (exact) mass is 299 g/mol. The highest BCUT2D eigenvalue weighted by Crippen LogP contribution is 2.37. The van der Waals surface area contributed by atoms with Crippen LogP contribution in [0.25, 0.3) is 0 Å². The van der Waals surface area contributed by atoms with Gasteiger partial charge in [0.2, 0.25) is 0 Å². The number of benzene rings is 1. The van der Waals surface area contributed by atoms with Crippen molar-refractivity contribution in [3.63, 3.8) is 0 Å². The summed E-state index contributed by atoms with van der Waals surface area (Å²) < 4.78 is 39.9. The maximum absolute atomic E-state index is 13.1. The van der Waals surface area contributed by atoms with Crippen LogP contribution in [-0.2, 0) is 20.5 Å². The number of rotatable bonds is 4. The van der Waals surface area contributed by atoms with Gasteiger partial charge in [-0.25, -0.2) is 0 Å². The van der Waals surface area contributed by atoms with E-state index in [4.69, 9.17) is 4.89 Å². The minimum atomic E-state index is -3.74. The zero-order valence-electron chi connectivity index (χ0n) is 7.36. The van der Waals surface area contributed by atoms with Gasteiger partial charge in [0.15, 0.2) is 0 Å². The highest BCUT2D eigenvalue weighted by atomic mass is 79.9. The molecule has 0 spiro atoms. The molecule has 0 fully saturated rings. The van der Waals surface area contributed by atoms with Crippen LogP contribution in [0.2, 0.25) is 0 Å². The molecule has 1 N–H and O–H groups in total. The molecular formula is C8H7BrF2O3P+. The fourth-order valence-electron chi connectivity index (χ4n) is 0.939. The lowest BCUT2D eigenvalue weighted by atomic mass is 10.1. The Morgan fingerprint density at radius 3 is 2.33 bits per heavy atom. The Hall–Kier alpha value is -0.420. The van der Waals surface area contributed by atoms with Gasteiger partial charge < -0.3 is 0 Å². The second-order valence-electron chi connectivity index (χ2n) is 2.68. The molecular weight excluding hydrogens is 293 g/mol. The summed E-state index contributed by atoms with van der Waals surface area (Å²) in [5, 5.41) is 0.550. The molecule has 15 heavy (non-hydrogen) atoms. The Morgan fingerprint density at radius 1 is 1.40 bits per heavy atom. The van der Waals surface area contributed by atoms with Gasteiger partial charge >= 0.3 is 14.4 Å². The van der Waals surface area contributed by atoms with Crippen molar-refractivity contribution in [2.24, 2.45) is 0 Å². The van der Waals surface area contributed by atoms with E-state index in [-0.39, 0.29) is 0 Å². The van der Waals surface area contributed by atoms with Gasteiger partial charge in [-0.1, -0.05) is 28.1 Å². The molecule has 1 atom stereocenters. The summed E-state index contributed by atoms with van der Waals surface area (Å²) in [6.45, 7) is 0. The smallest absolute Gasteiger partial charge is 0.167 e. The van der Waals surface area contributed by atoms with Crippen LogP contribution >= 0.6 is 24.2 Å². The molecule has 0 aromatic heterocycles. The molecule has 1 aromatic carbocycles. The van der Waals surface area contributed by atoms with Gasteiger partial charge in [0.25, 0.3) is 0 Å². The number of alkyl halides is 3. The van der Waals surface area contributed by atoms with E-state index in [0.717, 1.165) is 17.7 Å². The topological polar surface area (TPSA) is 46.5 Å². The molecule has 0 saturated heterocycles. The second kappa shape index (κ2) is 5.07. The summed E-state index contributed by atoms with van der Waals surface area (Å²) in [6.07, 6.45) is -3.74. The first kappa shape index (κ1) is 12.6. The van der Waals surface area contributed by atoms with E-state index >= 15 is 0 Å². The minimum absolute atomic E-state index is 0.454. The van der Waals surface area contributed by atoms with Crippen LogP contribution < -0.4 is 0 Å². The Balaban J connectivity index is 2.89. The Bertz CT molecular complexity index is 355. The van der Waals surface area contributed by atoms with Crippen LogP contribution in [0.3, 0.4) is 0 Å². The summed E-state index contributed by atoms with van der Waals surface area (Å²) in [5.74, 6) is 0. The molecule has 0 heterocycles. The highest BCUT2D eigenvalue weighted by Gasteiger charge is 2.43. The predicted octanol–water partition coefficient (Wildman–Crippen LogP) is 3.30. The molecule has 1 rings (SSSR count). The van der Waals surface area contributed by atoms with Gasteiger partial charge in [-0.05, 0) is 22.2 Å². The summed E-state index contributed by atoms with van der Waals surface area (Å²) in [4.78, 5) is 8.25. The van der Waals surface area contributed by atoms with E-state index in [9.17, 15) is 13.3 Å². The molecule has 1 aromatic rings. The molecule has 1 unspecified atom stereocenters. The Labute approximate surface area is 94.1 Å². The summed E-state index contributed by atoms with van der Waals surface area (Å²) in [6, 6.07) is 5.25. The second-order valence-corrected chi connectivity index (χ2v) is 3.90. The molecule has 0 aliphatic carbocycles. The molecule has 0 aliphatic heterocycles. The first-order chi connectivity index (χ1) is 6.95. The maximum atomic E-state index is 13.1. The third-order valence-corrected chi connectivity index (χ3v) is 2.67. The first-order valence-electron chi connectivity index (χ1n) is 3.84. The van der Waals surface area contributed by atoms with E-state index in [1.165, 1.54) is 12.1 Å². The lowest BCUT2D eigenvalue weighted by Crippen LogP contribution is -2.14. The highest BCUT2D eigenvalue weighted by molar-refractivity contribution is 9.08. The number of hydrogen-bond acceptors (Lipinski definition) is 2. The van der Waals surface area contributed by atoms with E-state index in [1.54, 1.807) is 0 Å². The summed E-state index contributed by atoms with van der Waals surface area (Å²) in [7, 11) is -3.33. The predicted molar refractivity (Wildman–Crippen MR) is 53.9 cm³/mol. The third kappa shape index (κ3) is 3.57. The van der Waals surface area contributed by atoms with Crippen molar-refractivity contribution in [3.8, 4) is 0 Å². The normalized spacial score (nSPS) is 12.7. The molecule has 82 valence electrons. The SMILES string of the molecule is O=[P+](O)OC(F)(F)c1ccc(CBr)cc1. The average molecular weight is 300 g/mol. The molecule has 0 amide bonds. The van der Waals surface area contributed by atoms with Crippen LogP contribution in [0.15, 0.2) is 24.3 Å². The van der Waals surface area contributed by atoms with Gasteiger partial charge in [-0.2, -0.15) is 8.78 Å². The van der Waals surface area contributed by atoms with Crippen molar-refractivity contribution in [2.45, 2.75) is 11.4 Å². The average Bonchev–Trinajstić information content (AvgIpc) is 2.16. The van der Waals surface area contributed by atoms with Gasteiger partial charge in [-0.15, -0.1) is 4.89 Å². The zero-order chi connectivity index (χ0) is 11.5. The fourth-order valence-corrected chi connectivity index (χ4v) is 1.61. The standard InChI is InChI=1S/C8H6BrF2O3P/c9-5-6-1-3-7(4-2-6)8(10,11)14-15(12)13/h1-4H,5H2/p+1. The first-order valence-corrected chi connectivity index (χ1v) is 6.09. The number of halogens is 3. The Kier molecular flexibility index (Phi) is 4.28. The van der Waals surface area contributed by atoms with Gasteiger partial charge in [0, 0.05) is 9.90 Å². The zero-order valence-corrected chi connectivity index (χ0v) is 9.84. The van der Waals surface area contributed by atoms with Crippen molar-refractivity contribution >= 4 is 24.2 Å². The molecule has 7 heteroatoms. The van der Waals surface area contributed by atoms with Crippen LogP contribution in [-0.4, -0.2) is 4.89 Å². The van der Waals surface area contributed by atoms with Crippen LogP contribution in [0.5, 0.6) is 0 Å². The molecule has 0 bridgehead atoms.